The van der Waals surface area contributed by atoms with Crippen LogP contribution in [0.5, 0.6) is 0 Å². The second-order valence-electron chi connectivity index (χ2n) is 2.82. The lowest BCUT2D eigenvalue weighted by Gasteiger charge is -2.06. The third-order valence-electron chi connectivity index (χ3n) is 1.71. The van der Waals surface area contributed by atoms with Gasteiger partial charge >= 0.3 is 6.18 Å². The molecule has 0 bridgehead atoms. The van der Waals surface area contributed by atoms with E-state index in [2.05, 4.69) is 15.0 Å². The molecule has 0 radical (unpaired) electrons. The van der Waals surface area contributed by atoms with Gasteiger partial charge in [0.25, 0.3) is 0 Å². The van der Waals surface area contributed by atoms with Crippen LogP contribution < -0.4 is 0 Å². The monoisotopic (exact) mass is 236 g/mol. The van der Waals surface area contributed by atoms with E-state index in [0.717, 1.165) is 17.2 Å². The van der Waals surface area contributed by atoms with Crippen LogP contribution in [-0.2, 0) is 6.54 Å². The lowest BCUT2D eigenvalue weighted by molar-refractivity contribution is -0.140. The predicted octanol–water partition coefficient (Wildman–Crippen LogP) is 2.04. The molecule has 2 rings (SSSR count). The van der Waals surface area contributed by atoms with Gasteiger partial charge in [0.15, 0.2) is 10.8 Å². The standard InChI is InChI=1S/C7H4ClF3N4/c8-5-4-6(13-2-12-5)15(3-14-4)1-7(9,10)11/h2-3H,1H2. The maximum atomic E-state index is 12.1. The molecule has 0 saturated heterocycles. The van der Waals surface area contributed by atoms with Crippen LogP contribution in [0, 0.1) is 0 Å². The quantitative estimate of drug-likeness (QED) is 0.712. The Morgan fingerprint density at radius 3 is 2.67 bits per heavy atom. The number of hydrogen-bond acceptors (Lipinski definition) is 3. The summed E-state index contributed by atoms with van der Waals surface area (Å²) < 4.78 is 37.2. The number of hydrogen-bond donors (Lipinski definition) is 0. The summed E-state index contributed by atoms with van der Waals surface area (Å²) in [7, 11) is 0. The fraction of sp³-hybridized carbons (Fsp3) is 0.286. The first-order chi connectivity index (χ1) is 6.97. The van der Waals surface area contributed by atoms with E-state index in [1.54, 1.807) is 0 Å². The summed E-state index contributed by atoms with van der Waals surface area (Å²) in [5.41, 5.74) is 0.246. The first-order valence-corrected chi connectivity index (χ1v) is 4.23. The molecular formula is C7H4ClF3N4. The van der Waals surface area contributed by atoms with Crippen LogP contribution in [0.2, 0.25) is 5.15 Å². The van der Waals surface area contributed by atoms with Crippen LogP contribution in [0.4, 0.5) is 13.2 Å². The zero-order chi connectivity index (χ0) is 11.1. The third-order valence-corrected chi connectivity index (χ3v) is 1.98. The van der Waals surface area contributed by atoms with E-state index < -0.39 is 12.7 Å². The van der Waals surface area contributed by atoms with Gasteiger partial charge in [-0.3, -0.25) is 0 Å². The van der Waals surface area contributed by atoms with Crippen molar-refractivity contribution in [3.8, 4) is 0 Å². The molecule has 2 heterocycles. The predicted molar refractivity (Wildman–Crippen MR) is 46.4 cm³/mol. The van der Waals surface area contributed by atoms with E-state index in [4.69, 9.17) is 11.6 Å². The van der Waals surface area contributed by atoms with E-state index in [1.807, 2.05) is 0 Å². The van der Waals surface area contributed by atoms with Crippen molar-refractivity contribution in [1.29, 1.82) is 0 Å². The Morgan fingerprint density at radius 2 is 2.00 bits per heavy atom. The van der Waals surface area contributed by atoms with Crippen LogP contribution in [0.15, 0.2) is 12.7 Å². The zero-order valence-corrected chi connectivity index (χ0v) is 7.92. The van der Waals surface area contributed by atoms with Gasteiger partial charge in [-0.1, -0.05) is 11.6 Å². The largest absolute Gasteiger partial charge is 0.406 e. The van der Waals surface area contributed by atoms with Crippen molar-refractivity contribution in [2.75, 3.05) is 0 Å². The summed E-state index contributed by atoms with van der Waals surface area (Å²) in [6.45, 7) is -1.14. The highest BCUT2D eigenvalue weighted by atomic mass is 35.5. The Balaban J connectivity index is 2.50. The summed E-state index contributed by atoms with van der Waals surface area (Å²) in [6, 6.07) is 0. The molecule has 0 aliphatic carbocycles. The van der Waals surface area contributed by atoms with Crippen LogP contribution in [0.3, 0.4) is 0 Å². The molecule has 0 aliphatic heterocycles. The summed E-state index contributed by atoms with van der Waals surface area (Å²) in [6.07, 6.45) is -2.18. The fourth-order valence-electron chi connectivity index (χ4n) is 1.16. The smallest absolute Gasteiger partial charge is 0.306 e. The molecule has 2 aromatic rings. The molecule has 0 aliphatic rings. The van der Waals surface area contributed by atoms with Crippen molar-refractivity contribution >= 4 is 22.8 Å². The second-order valence-corrected chi connectivity index (χ2v) is 3.18. The van der Waals surface area contributed by atoms with Crippen LogP contribution >= 0.6 is 11.6 Å². The highest BCUT2D eigenvalue weighted by molar-refractivity contribution is 6.33. The van der Waals surface area contributed by atoms with E-state index in [-0.39, 0.29) is 16.3 Å². The third kappa shape index (κ3) is 2.01. The number of rotatable bonds is 1. The molecule has 80 valence electrons. The number of alkyl halides is 3. The molecule has 15 heavy (non-hydrogen) atoms. The summed E-state index contributed by atoms with van der Waals surface area (Å²) in [5.74, 6) is 0. The average Bonchev–Trinajstić information content (AvgIpc) is 2.48. The molecule has 2 aromatic heterocycles. The molecule has 0 unspecified atom stereocenters. The van der Waals surface area contributed by atoms with Crippen LogP contribution in [0.1, 0.15) is 0 Å². The van der Waals surface area contributed by atoms with Crippen LogP contribution in [0.25, 0.3) is 11.2 Å². The van der Waals surface area contributed by atoms with Crippen molar-refractivity contribution < 1.29 is 13.2 Å². The topological polar surface area (TPSA) is 43.6 Å². The Labute approximate surface area is 86.7 Å². The lowest BCUT2D eigenvalue weighted by Crippen LogP contribution is -2.17. The minimum Gasteiger partial charge on any atom is -0.306 e. The minimum absolute atomic E-state index is 0.0425. The van der Waals surface area contributed by atoms with Gasteiger partial charge in [0.05, 0.1) is 6.33 Å². The van der Waals surface area contributed by atoms with Crippen molar-refractivity contribution in [2.24, 2.45) is 0 Å². The maximum absolute atomic E-state index is 12.1. The second kappa shape index (κ2) is 3.34. The molecule has 0 atom stereocenters. The number of nitrogens with zero attached hydrogens (tertiary/aromatic N) is 4. The van der Waals surface area contributed by atoms with Crippen molar-refractivity contribution in [3.05, 3.63) is 17.8 Å². The van der Waals surface area contributed by atoms with Gasteiger partial charge in [0.2, 0.25) is 0 Å². The van der Waals surface area contributed by atoms with Crippen molar-refractivity contribution in [2.45, 2.75) is 12.7 Å². The van der Waals surface area contributed by atoms with E-state index in [9.17, 15) is 13.2 Å². The Hall–Kier alpha value is -1.37. The van der Waals surface area contributed by atoms with Gasteiger partial charge in [-0.2, -0.15) is 13.2 Å². The fourth-order valence-corrected chi connectivity index (χ4v) is 1.34. The molecular weight excluding hydrogens is 233 g/mol. The summed E-state index contributed by atoms with van der Waals surface area (Å²) in [5, 5.41) is 0.0425. The summed E-state index contributed by atoms with van der Waals surface area (Å²) >= 11 is 5.63. The van der Waals surface area contributed by atoms with Gasteiger partial charge < -0.3 is 4.57 Å². The summed E-state index contributed by atoms with van der Waals surface area (Å²) in [4.78, 5) is 11.0. The van der Waals surface area contributed by atoms with Gasteiger partial charge in [0.1, 0.15) is 18.4 Å². The molecule has 0 saturated carbocycles. The highest BCUT2D eigenvalue weighted by Crippen LogP contribution is 2.22. The van der Waals surface area contributed by atoms with E-state index in [1.165, 1.54) is 0 Å². The number of halogens is 4. The first kappa shape index (κ1) is 10.2. The zero-order valence-electron chi connectivity index (χ0n) is 7.16. The lowest BCUT2D eigenvalue weighted by atomic mass is 10.5. The minimum atomic E-state index is -4.31. The van der Waals surface area contributed by atoms with Gasteiger partial charge in [-0.05, 0) is 0 Å². The average molecular weight is 237 g/mol. The maximum Gasteiger partial charge on any atom is 0.406 e. The number of fused-ring (bicyclic) bond motifs is 1. The number of aromatic nitrogens is 4. The van der Waals surface area contributed by atoms with E-state index >= 15 is 0 Å². The van der Waals surface area contributed by atoms with Crippen LogP contribution in [-0.4, -0.2) is 25.7 Å². The molecule has 8 heteroatoms. The molecule has 0 fully saturated rings. The van der Waals surface area contributed by atoms with E-state index in [0.29, 0.717) is 0 Å². The Bertz CT molecular complexity index is 492. The molecule has 0 amide bonds. The van der Waals surface area contributed by atoms with Crippen molar-refractivity contribution in [3.63, 3.8) is 0 Å². The van der Waals surface area contributed by atoms with Gasteiger partial charge in [0, 0.05) is 0 Å². The number of imidazole rings is 1. The highest BCUT2D eigenvalue weighted by Gasteiger charge is 2.29. The van der Waals surface area contributed by atoms with Crippen molar-refractivity contribution in [1.82, 2.24) is 19.5 Å². The van der Waals surface area contributed by atoms with Gasteiger partial charge in [-0.15, -0.1) is 0 Å². The Kier molecular flexibility index (Phi) is 2.26. The molecule has 0 aromatic carbocycles. The molecule has 0 N–H and O–H groups in total. The molecule has 4 nitrogen and oxygen atoms in total. The normalized spacial score (nSPS) is 12.3. The first-order valence-electron chi connectivity index (χ1n) is 3.85. The Morgan fingerprint density at radius 1 is 1.27 bits per heavy atom. The van der Waals surface area contributed by atoms with Gasteiger partial charge in [-0.25, -0.2) is 15.0 Å². The molecule has 0 spiro atoms. The SMILES string of the molecule is FC(F)(F)Cn1cnc2c(Cl)ncnc21.